The van der Waals surface area contributed by atoms with Gasteiger partial charge in [0, 0.05) is 25.2 Å². The Bertz CT molecular complexity index is 500. The molecule has 0 bridgehead atoms. The predicted octanol–water partition coefficient (Wildman–Crippen LogP) is 0.411. The molecule has 6 heteroatoms. The molecule has 1 aliphatic carbocycles. The Morgan fingerprint density at radius 3 is 2.89 bits per heavy atom. The van der Waals surface area contributed by atoms with Gasteiger partial charge < -0.3 is 16.8 Å². The fourth-order valence-corrected chi connectivity index (χ4v) is 2.69. The van der Waals surface area contributed by atoms with Crippen molar-refractivity contribution in [3.63, 3.8) is 0 Å². The molecule has 1 aliphatic heterocycles. The molecule has 1 aromatic heterocycles. The first kappa shape index (κ1) is 12.2. The number of rotatable bonds is 4. The number of nitrogens with zero attached hydrogens (tertiary/aromatic N) is 2. The third-order valence-corrected chi connectivity index (χ3v) is 3.83. The molecule has 2 fully saturated rings. The van der Waals surface area contributed by atoms with Crippen molar-refractivity contribution < 1.29 is 4.79 Å². The molecule has 1 saturated carbocycles. The summed E-state index contributed by atoms with van der Waals surface area (Å²) in [5.41, 5.74) is 12.1. The molecule has 0 aromatic carbocycles. The maximum absolute atomic E-state index is 11.4. The molecule has 1 saturated heterocycles. The smallest absolute Gasteiger partial charge is 0.250 e. The number of aromatic nitrogens is 1. The molecule has 2 heterocycles. The summed E-state index contributed by atoms with van der Waals surface area (Å²) in [6.45, 7) is 2.14. The number of nitrogen functional groups attached to an aromatic ring is 1. The van der Waals surface area contributed by atoms with E-state index in [2.05, 4.69) is 15.2 Å². The fourth-order valence-electron chi connectivity index (χ4n) is 2.69. The summed E-state index contributed by atoms with van der Waals surface area (Å²) in [5, 5.41) is 3.37. The van der Waals surface area contributed by atoms with E-state index in [1.165, 1.54) is 18.9 Å². The Balaban J connectivity index is 1.71. The van der Waals surface area contributed by atoms with Crippen LogP contribution in [0.1, 0.15) is 29.6 Å². The van der Waals surface area contributed by atoms with Crippen molar-refractivity contribution in [3.8, 4) is 0 Å². The van der Waals surface area contributed by atoms with Gasteiger partial charge in [-0.1, -0.05) is 0 Å². The van der Waals surface area contributed by atoms with E-state index in [9.17, 15) is 4.79 Å². The first-order valence-corrected chi connectivity index (χ1v) is 6.69. The Morgan fingerprint density at radius 2 is 2.21 bits per heavy atom. The van der Waals surface area contributed by atoms with Crippen molar-refractivity contribution >= 4 is 17.4 Å². The summed E-state index contributed by atoms with van der Waals surface area (Å²) < 4.78 is 0. The van der Waals surface area contributed by atoms with Crippen LogP contribution >= 0.6 is 0 Å². The van der Waals surface area contributed by atoms with E-state index in [4.69, 9.17) is 11.5 Å². The van der Waals surface area contributed by atoms with E-state index in [1.54, 1.807) is 6.20 Å². The second-order valence-electron chi connectivity index (χ2n) is 5.38. The van der Waals surface area contributed by atoms with E-state index in [0.29, 0.717) is 23.1 Å². The SMILES string of the molecule is NC(=O)c1cc(N)ncc1NC1CCN(C2CC2)C1. The normalized spacial score (nSPS) is 23.5. The minimum atomic E-state index is -0.478. The van der Waals surface area contributed by atoms with Crippen molar-refractivity contribution in [1.29, 1.82) is 0 Å². The number of likely N-dealkylation sites (tertiary alicyclic amines) is 1. The molecule has 3 rings (SSSR count). The van der Waals surface area contributed by atoms with Gasteiger partial charge in [0.25, 0.3) is 5.91 Å². The summed E-state index contributed by atoms with van der Waals surface area (Å²) in [4.78, 5) is 17.9. The van der Waals surface area contributed by atoms with Gasteiger partial charge in [-0.05, 0) is 25.3 Å². The largest absolute Gasteiger partial charge is 0.384 e. The third kappa shape index (κ3) is 2.63. The Hall–Kier alpha value is -1.82. The number of carbonyl (C=O) groups is 1. The molecule has 1 atom stereocenters. The molecule has 0 spiro atoms. The van der Waals surface area contributed by atoms with Crippen LogP contribution in [0.2, 0.25) is 0 Å². The van der Waals surface area contributed by atoms with Gasteiger partial charge in [0.15, 0.2) is 0 Å². The highest BCUT2D eigenvalue weighted by Crippen LogP contribution is 2.31. The average molecular weight is 261 g/mol. The second-order valence-corrected chi connectivity index (χ2v) is 5.38. The highest BCUT2D eigenvalue weighted by Gasteiger charge is 2.34. The Labute approximate surface area is 112 Å². The van der Waals surface area contributed by atoms with Crippen molar-refractivity contribution in [2.24, 2.45) is 5.73 Å². The molecular formula is C13H19N5O. The first-order valence-electron chi connectivity index (χ1n) is 6.69. The molecule has 0 radical (unpaired) electrons. The highest BCUT2D eigenvalue weighted by molar-refractivity contribution is 5.99. The molecule has 1 unspecified atom stereocenters. The number of amides is 1. The van der Waals surface area contributed by atoms with Gasteiger partial charge in [-0.3, -0.25) is 9.69 Å². The van der Waals surface area contributed by atoms with Gasteiger partial charge >= 0.3 is 0 Å². The number of hydrogen-bond acceptors (Lipinski definition) is 5. The molecule has 5 N–H and O–H groups in total. The topological polar surface area (TPSA) is 97.3 Å². The van der Waals surface area contributed by atoms with Crippen molar-refractivity contribution in [2.45, 2.75) is 31.3 Å². The number of nitrogens with two attached hydrogens (primary N) is 2. The van der Waals surface area contributed by atoms with Gasteiger partial charge in [-0.15, -0.1) is 0 Å². The summed E-state index contributed by atoms with van der Waals surface area (Å²) in [6, 6.07) is 2.66. The zero-order valence-electron chi connectivity index (χ0n) is 10.8. The van der Waals surface area contributed by atoms with E-state index in [1.807, 2.05) is 0 Å². The summed E-state index contributed by atoms with van der Waals surface area (Å²) in [5.74, 6) is -0.168. The number of primary amides is 1. The van der Waals surface area contributed by atoms with Crippen LogP contribution in [-0.4, -0.2) is 41.0 Å². The summed E-state index contributed by atoms with van der Waals surface area (Å²) >= 11 is 0. The lowest BCUT2D eigenvalue weighted by Crippen LogP contribution is -2.28. The standard InChI is InChI=1S/C13H19N5O/c14-12-5-10(13(15)19)11(6-16-12)17-8-3-4-18(7-8)9-1-2-9/h5-6,8-9,17H,1-4,7H2,(H2,14,16)(H2,15,19). The molecule has 102 valence electrons. The maximum atomic E-state index is 11.4. The van der Waals surface area contributed by atoms with Crippen LogP contribution in [0, 0.1) is 0 Å². The first-order chi connectivity index (χ1) is 9.13. The zero-order valence-corrected chi connectivity index (χ0v) is 10.8. The van der Waals surface area contributed by atoms with Crippen LogP contribution < -0.4 is 16.8 Å². The number of nitrogens with one attached hydrogen (secondary N) is 1. The van der Waals surface area contributed by atoms with Gasteiger partial charge in [0.1, 0.15) is 5.82 Å². The predicted molar refractivity (Wildman–Crippen MR) is 73.8 cm³/mol. The second kappa shape index (κ2) is 4.70. The highest BCUT2D eigenvalue weighted by atomic mass is 16.1. The molecule has 1 aromatic rings. The van der Waals surface area contributed by atoms with Crippen molar-refractivity contribution in [2.75, 3.05) is 24.1 Å². The number of hydrogen-bond donors (Lipinski definition) is 3. The minimum Gasteiger partial charge on any atom is -0.384 e. The molecule has 1 amide bonds. The van der Waals surface area contributed by atoms with E-state index in [0.717, 1.165) is 25.6 Å². The van der Waals surface area contributed by atoms with E-state index in [-0.39, 0.29) is 0 Å². The van der Waals surface area contributed by atoms with Gasteiger partial charge in [0.05, 0.1) is 17.4 Å². The van der Waals surface area contributed by atoms with Crippen molar-refractivity contribution in [1.82, 2.24) is 9.88 Å². The van der Waals surface area contributed by atoms with Crippen LogP contribution in [-0.2, 0) is 0 Å². The van der Waals surface area contributed by atoms with Gasteiger partial charge in [-0.25, -0.2) is 4.98 Å². The minimum absolute atomic E-state index is 0.311. The van der Waals surface area contributed by atoms with E-state index >= 15 is 0 Å². The fraction of sp³-hybridized carbons (Fsp3) is 0.538. The average Bonchev–Trinajstić information content (AvgIpc) is 3.12. The van der Waals surface area contributed by atoms with Crippen LogP contribution in [0.25, 0.3) is 0 Å². The maximum Gasteiger partial charge on any atom is 0.250 e. The molecular weight excluding hydrogens is 242 g/mol. The zero-order chi connectivity index (χ0) is 13.4. The van der Waals surface area contributed by atoms with Gasteiger partial charge in [-0.2, -0.15) is 0 Å². The van der Waals surface area contributed by atoms with E-state index < -0.39 is 5.91 Å². The quantitative estimate of drug-likeness (QED) is 0.729. The lowest BCUT2D eigenvalue weighted by atomic mass is 10.1. The molecule has 6 nitrogen and oxygen atoms in total. The number of carbonyl (C=O) groups excluding carboxylic acids is 1. The van der Waals surface area contributed by atoms with Crippen LogP contribution in [0.4, 0.5) is 11.5 Å². The van der Waals surface area contributed by atoms with Gasteiger partial charge in [0.2, 0.25) is 0 Å². The molecule has 19 heavy (non-hydrogen) atoms. The summed E-state index contributed by atoms with van der Waals surface area (Å²) in [7, 11) is 0. The van der Waals surface area contributed by atoms with Crippen LogP contribution in [0.15, 0.2) is 12.3 Å². The molecule has 2 aliphatic rings. The number of pyridine rings is 1. The monoisotopic (exact) mass is 261 g/mol. The third-order valence-electron chi connectivity index (χ3n) is 3.83. The lowest BCUT2D eigenvalue weighted by Gasteiger charge is -2.18. The lowest BCUT2D eigenvalue weighted by molar-refractivity contribution is 0.100. The van der Waals surface area contributed by atoms with Crippen molar-refractivity contribution in [3.05, 3.63) is 17.8 Å². The Kier molecular flexibility index (Phi) is 3.02. The summed E-state index contributed by atoms with van der Waals surface area (Å²) in [6.07, 6.45) is 5.32. The van der Waals surface area contributed by atoms with Crippen LogP contribution in [0.5, 0.6) is 0 Å². The van der Waals surface area contributed by atoms with Crippen LogP contribution in [0.3, 0.4) is 0 Å². The number of anilines is 2. The Morgan fingerprint density at radius 1 is 1.42 bits per heavy atom.